The predicted molar refractivity (Wildman–Crippen MR) is 397 cm³/mol. The molecule has 2 unspecified atom stereocenters. The fourth-order valence-corrected chi connectivity index (χ4v) is 10.9. The van der Waals surface area contributed by atoms with Gasteiger partial charge >= 0.3 is 11.9 Å². The molecule has 0 rings (SSSR count). The van der Waals surface area contributed by atoms with Crippen molar-refractivity contribution in [3.05, 3.63) is 146 Å². The summed E-state index contributed by atoms with van der Waals surface area (Å²) in [6, 6.07) is 0. The molecule has 0 aliphatic heterocycles. The largest absolute Gasteiger partial charge is 0.756 e. The first kappa shape index (κ1) is 87.9. The number of phosphoric ester groups is 1. The van der Waals surface area contributed by atoms with Crippen molar-refractivity contribution in [2.24, 2.45) is 0 Å². The molecule has 0 heterocycles. The molecular weight excluding hydrogens is 1160 g/mol. The van der Waals surface area contributed by atoms with Gasteiger partial charge in [0, 0.05) is 12.8 Å². The van der Waals surface area contributed by atoms with Crippen molar-refractivity contribution < 1.29 is 42.1 Å². The molecule has 0 aromatic rings. The van der Waals surface area contributed by atoms with Gasteiger partial charge in [-0.3, -0.25) is 14.2 Å². The number of allylic oxidation sites excluding steroid dienone is 24. The van der Waals surface area contributed by atoms with Crippen LogP contribution in [0.15, 0.2) is 146 Å². The first-order chi connectivity index (χ1) is 45.0. The number of quaternary nitrogens is 1. The van der Waals surface area contributed by atoms with Gasteiger partial charge in [0.2, 0.25) is 0 Å². The van der Waals surface area contributed by atoms with Crippen LogP contribution in [0.1, 0.15) is 309 Å². The fraction of sp³-hybridized carbons (Fsp3) is 0.683. The standard InChI is InChI=1S/C82H140NO8P/c1-6-8-10-12-14-16-18-20-22-24-26-28-30-32-34-36-37-38-39-40-41-42-43-44-45-47-49-51-53-55-57-59-61-63-65-67-69-71-73-75-82(85)91-80(79-90-92(86,87)89-77-76-83(3,4)5)78-88-81(84)74-72-70-68-66-64-62-60-58-56-54-52-50-48-46-35-33-31-29-27-25-23-21-19-17-15-13-11-9-7-2/h8-11,14-17,20-23,26-29,32,34,37-38,40-41,43-44,80H,6-7,12-13,18-19,24-25,30-31,33,35-36,39,42,45-79H2,1-5H3/b10-8-,11-9-,16-14-,17-15-,22-20-,23-21-,28-26-,29-27-,34-32-,38-37-,41-40-,44-43-. The van der Waals surface area contributed by atoms with Crippen molar-refractivity contribution in [1.29, 1.82) is 0 Å². The number of nitrogens with zero attached hydrogens (tertiary/aromatic N) is 1. The number of rotatable bonds is 68. The van der Waals surface area contributed by atoms with Crippen molar-refractivity contribution in [2.45, 2.75) is 315 Å². The lowest BCUT2D eigenvalue weighted by atomic mass is 10.0. The second-order valence-electron chi connectivity index (χ2n) is 25.9. The van der Waals surface area contributed by atoms with E-state index in [1.807, 2.05) is 21.1 Å². The zero-order valence-corrected chi connectivity index (χ0v) is 60.8. The van der Waals surface area contributed by atoms with Gasteiger partial charge in [-0.1, -0.05) is 327 Å². The molecule has 526 valence electrons. The zero-order chi connectivity index (χ0) is 66.9. The van der Waals surface area contributed by atoms with E-state index < -0.39 is 26.5 Å². The summed E-state index contributed by atoms with van der Waals surface area (Å²) in [6.07, 6.45) is 105. The third-order valence-electron chi connectivity index (χ3n) is 15.9. The minimum Gasteiger partial charge on any atom is -0.756 e. The number of likely N-dealkylation sites (N-methyl/N-ethyl adjacent to an activating group) is 1. The number of phosphoric acid groups is 1. The lowest BCUT2D eigenvalue weighted by Crippen LogP contribution is -2.37. The molecule has 0 amide bonds. The van der Waals surface area contributed by atoms with E-state index in [0.29, 0.717) is 17.4 Å². The molecule has 0 radical (unpaired) electrons. The van der Waals surface area contributed by atoms with Gasteiger partial charge in [-0.15, -0.1) is 0 Å². The Kier molecular flexibility index (Phi) is 68.0. The normalized spacial score (nSPS) is 13.9. The molecule has 0 N–H and O–H groups in total. The van der Waals surface area contributed by atoms with Crippen LogP contribution in [0.4, 0.5) is 0 Å². The molecule has 0 aromatic carbocycles. The van der Waals surface area contributed by atoms with E-state index in [1.54, 1.807) is 0 Å². The van der Waals surface area contributed by atoms with Crippen LogP contribution in [0.2, 0.25) is 0 Å². The van der Waals surface area contributed by atoms with E-state index >= 15 is 0 Å². The van der Waals surface area contributed by atoms with Gasteiger partial charge in [-0.2, -0.15) is 0 Å². The Morgan fingerprint density at radius 3 is 0.870 bits per heavy atom. The lowest BCUT2D eigenvalue weighted by molar-refractivity contribution is -0.870. The zero-order valence-electron chi connectivity index (χ0n) is 59.9. The number of hydrogen-bond acceptors (Lipinski definition) is 8. The molecule has 0 saturated heterocycles. The molecular formula is C82H140NO8P. The molecule has 2 atom stereocenters. The maximum absolute atomic E-state index is 12.9. The first-order valence-electron chi connectivity index (χ1n) is 37.5. The van der Waals surface area contributed by atoms with E-state index in [4.69, 9.17) is 18.5 Å². The second-order valence-corrected chi connectivity index (χ2v) is 27.3. The highest BCUT2D eigenvalue weighted by Crippen LogP contribution is 2.38. The number of ether oxygens (including phenoxy) is 2. The highest BCUT2D eigenvalue weighted by Gasteiger charge is 2.22. The van der Waals surface area contributed by atoms with Crippen LogP contribution in [0, 0.1) is 0 Å². The fourth-order valence-electron chi connectivity index (χ4n) is 10.2. The monoisotopic (exact) mass is 1300 g/mol. The average molecular weight is 1300 g/mol. The van der Waals surface area contributed by atoms with E-state index in [1.165, 1.54) is 161 Å². The Hall–Kier alpha value is -4.11. The Morgan fingerprint density at radius 2 is 0.587 bits per heavy atom. The van der Waals surface area contributed by atoms with Gasteiger partial charge in [-0.25, -0.2) is 0 Å². The van der Waals surface area contributed by atoms with Gasteiger partial charge < -0.3 is 27.9 Å². The Labute approximate surface area is 567 Å². The number of esters is 2. The molecule has 0 saturated carbocycles. The van der Waals surface area contributed by atoms with Gasteiger partial charge in [0.25, 0.3) is 7.82 Å². The van der Waals surface area contributed by atoms with Crippen molar-refractivity contribution in [3.63, 3.8) is 0 Å². The molecule has 10 heteroatoms. The smallest absolute Gasteiger partial charge is 0.306 e. The minimum atomic E-state index is -4.65. The van der Waals surface area contributed by atoms with E-state index in [0.717, 1.165) is 116 Å². The molecule has 0 aliphatic rings. The summed E-state index contributed by atoms with van der Waals surface area (Å²) in [5, 5.41) is 0. The Morgan fingerprint density at radius 1 is 0.337 bits per heavy atom. The SMILES string of the molecule is CC/C=C\C/C=C\C/C=C\C/C=C\C/C=C\C/C=C\C/C=C\C/C=C\CCCCCCCCCCCCCCCCC(=O)OC(COC(=O)CCCCCCCCCCCCCCCCCC/C=C\C/C=C\C/C=C\C/C=C\CC)COP(=O)([O-])OCC[N+](C)(C)C. The number of carbonyl (C=O) groups is 2. The van der Waals surface area contributed by atoms with Crippen molar-refractivity contribution in [1.82, 2.24) is 0 Å². The van der Waals surface area contributed by atoms with Gasteiger partial charge in [0.05, 0.1) is 27.7 Å². The van der Waals surface area contributed by atoms with Crippen molar-refractivity contribution in [3.8, 4) is 0 Å². The van der Waals surface area contributed by atoms with E-state index in [9.17, 15) is 19.0 Å². The third kappa shape index (κ3) is 74.9. The summed E-state index contributed by atoms with van der Waals surface area (Å²) in [6.45, 7) is 4.03. The maximum Gasteiger partial charge on any atom is 0.306 e. The lowest BCUT2D eigenvalue weighted by Gasteiger charge is -2.28. The Balaban J connectivity index is 4.03. The van der Waals surface area contributed by atoms with Crippen LogP contribution in [0.3, 0.4) is 0 Å². The minimum absolute atomic E-state index is 0.0353. The summed E-state index contributed by atoms with van der Waals surface area (Å²) in [4.78, 5) is 38.1. The molecule has 92 heavy (non-hydrogen) atoms. The second kappa shape index (κ2) is 71.2. The summed E-state index contributed by atoms with van der Waals surface area (Å²) in [7, 11) is 1.16. The van der Waals surface area contributed by atoms with Gasteiger partial charge in [-0.05, 0) is 116 Å². The van der Waals surface area contributed by atoms with Gasteiger partial charge in [0.1, 0.15) is 19.8 Å². The molecule has 0 spiro atoms. The number of carbonyl (C=O) groups excluding carboxylic acids is 2. The molecule has 0 fully saturated rings. The summed E-state index contributed by atoms with van der Waals surface area (Å²) in [5.41, 5.74) is 0. The average Bonchev–Trinajstić information content (AvgIpc) is 2.14. The predicted octanol–water partition coefficient (Wildman–Crippen LogP) is 24.3. The molecule has 0 bridgehead atoms. The summed E-state index contributed by atoms with van der Waals surface area (Å²) in [5.74, 6) is -0.830. The highest BCUT2D eigenvalue weighted by molar-refractivity contribution is 7.45. The molecule has 0 aliphatic carbocycles. The van der Waals surface area contributed by atoms with E-state index in [2.05, 4.69) is 160 Å². The number of hydrogen-bond donors (Lipinski definition) is 0. The van der Waals surface area contributed by atoms with E-state index in [-0.39, 0.29) is 32.0 Å². The van der Waals surface area contributed by atoms with Crippen LogP contribution in [0.5, 0.6) is 0 Å². The first-order valence-corrected chi connectivity index (χ1v) is 39.0. The van der Waals surface area contributed by atoms with Crippen molar-refractivity contribution >= 4 is 19.8 Å². The van der Waals surface area contributed by atoms with Crippen LogP contribution in [-0.4, -0.2) is 70.0 Å². The highest BCUT2D eigenvalue weighted by atomic mass is 31.2. The topological polar surface area (TPSA) is 111 Å². The summed E-state index contributed by atoms with van der Waals surface area (Å²) < 4.78 is 34.4. The van der Waals surface area contributed by atoms with Crippen LogP contribution in [0.25, 0.3) is 0 Å². The van der Waals surface area contributed by atoms with Crippen LogP contribution < -0.4 is 4.89 Å². The number of unbranched alkanes of at least 4 members (excludes halogenated alkanes) is 30. The van der Waals surface area contributed by atoms with Gasteiger partial charge in [0.15, 0.2) is 6.10 Å². The van der Waals surface area contributed by atoms with Crippen LogP contribution >= 0.6 is 7.82 Å². The van der Waals surface area contributed by atoms with Crippen molar-refractivity contribution in [2.75, 3.05) is 47.5 Å². The van der Waals surface area contributed by atoms with Crippen LogP contribution in [-0.2, 0) is 32.7 Å². The Bertz CT molecular complexity index is 2070. The summed E-state index contributed by atoms with van der Waals surface area (Å²) >= 11 is 0. The third-order valence-corrected chi connectivity index (χ3v) is 16.8. The molecule has 9 nitrogen and oxygen atoms in total. The quantitative estimate of drug-likeness (QED) is 0.0195. The molecule has 0 aromatic heterocycles. The maximum atomic E-state index is 12.9.